The molecule has 0 aliphatic rings. The highest BCUT2D eigenvalue weighted by Crippen LogP contribution is 2.24. The average Bonchev–Trinajstić information content (AvgIpc) is 2.69. The Bertz CT molecular complexity index is 459. The van der Waals surface area contributed by atoms with Gasteiger partial charge in [0.2, 0.25) is 0 Å². The molecule has 2 unspecified atom stereocenters. The van der Waals surface area contributed by atoms with Crippen LogP contribution in [0.25, 0.3) is 11.1 Å². The molecular formula is C14H18ClNO. The van der Waals surface area contributed by atoms with Crippen molar-refractivity contribution in [2.24, 2.45) is 11.8 Å². The molecule has 0 radical (unpaired) electrons. The minimum absolute atomic E-state index is 0.0723. The zero-order chi connectivity index (χ0) is 12.4. The van der Waals surface area contributed by atoms with Crippen molar-refractivity contribution in [1.82, 2.24) is 4.98 Å². The van der Waals surface area contributed by atoms with E-state index < -0.39 is 0 Å². The molecular weight excluding hydrogens is 234 g/mol. The van der Waals surface area contributed by atoms with Gasteiger partial charge in [0.05, 0.1) is 0 Å². The van der Waals surface area contributed by atoms with E-state index in [9.17, 15) is 0 Å². The number of hydrogen-bond donors (Lipinski definition) is 0. The normalized spacial score (nSPS) is 15.4. The summed E-state index contributed by atoms with van der Waals surface area (Å²) in [7, 11) is 0. The molecule has 17 heavy (non-hydrogen) atoms. The first kappa shape index (κ1) is 12.4. The number of nitrogens with zero attached hydrogens (tertiary/aromatic N) is 1. The van der Waals surface area contributed by atoms with Gasteiger partial charge in [0.25, 0.3) is 0 Å². The number of rotatable bonds is 4. The molecule has 0 amide bonds. The summed E-state index contributed by atoms with van der Waals surface area (Å²) < 4.78 is 5.67. The molecule has 1 aromatic carbocycles. The van der Waals surface area contributed by atoms with Crippen molar-refractivity contribution in [1.29, 1.82) is 0 Å². The molecule has 92 valence electrons. The molecule has 0 fully saturated rings. The molecule has 0 N–H and O–H groups in total. The number of benzene rings is 1. The summed E-state index contributed by atoms with van der Waals surface area (Å²) >= 11 is 6.39. The number of para-hydroxylation sites is 2. The topological polar surface area (TPSA) is 26.0 Å². The number of aromatic nitrogens is 1. The molecule has 0 aliphatic carbocycles. The average molecular weight is 252 g/mol. The highest BCUT2D eigenvalue weighted by atomic mass is 35.5. The van der Waals surface area contributed by atoms with Crippen LogP contribution in [0.1, 0.15) is 26.7 Å². The molecule has 2 atom stereocenters. The van der Waals surface area contributed by atoms with Gasteiger partial charge in [-0.1, -0.05) is 32.9 Å². The lowest BCUT2D eigenvalue weighted by atomic mass is 9.93. The predicted molar refractivity (Wildman–Crippen MR) is 71.4 cm³/mol. The molecule has 3 heteroatoms. The van der Waals surface area contributed by atoms with Gasteiger partial charge in [0.15, 0.2) is 11.5 Å². The maximum Gasteiger partial charge on any atom is 0.196 e. The van der Waals surface area contributed by atoms with Crippen molar-refractivity contribution in [3.63, 3.8) is 0 Å². The monoisotopic (exact) mass is 251 g/mol. The van der Waals surface area contributed by atoms with Gasteiger partial charge in [-0.25, -0.2) is 4.98 Å². The third-order valence-corrected chi connectivity index (χ3v) is 3.88. The highest BCUT2D eigenvalue weighted by molar-refractivity contribution is 6.20. The highest BCUT2D eigenvalue weighted by Gasteiger charge is 2.20. The van der Waals surface area contributed by atoms with Crippen molar-refractivity contribution in [2.45, 2.75) is 32.6 Å². The van der Waals surface area contributed by atoms with Crippen molar-refractivity contribution in [3.8, 4) is 0 Å². The fourth-order valence-corrected chi connectivity index (χ4v) is 2.20. The predicted octanol–water partition coefficient (Wildman–Crippen LogP) is 4.27. The van der Waals surface area contributed by atoms with E-state index in [1.807, 2.05) is 24.3 Å². The van der Waals surface area contributed by atoms with Crippen LogP contribution < -0.4 is 0 Å². The molecule has 0 spiro atoms. The first-order valence-corrected chi connectivity index (χ1v) is 6.50. The standard InChI is InChI=1S/C14H18ClNO/c1-9(2)10(3)11(15)8-14-16-12-6-4-5-7-13(12)17-14/h4-7,9-11H,8H2,1-3H3. The van der Waals surface area contributed by atoms with E-state index in [2.05, 4.69) is 25.8 Å². The summed E-state index contributed by atoms with van der Waals surface area (Å²) in [5.41, 5.74) is 1.74. The van der Waals surface area contributed by atoms with E-state index in [0.29, 0.717) is 18.3 Å². The van der Waals surface area contributed by atoms with Crippen LogP contribution in [-0.4, -0.2) is 10.4 Å². The summed E-state index contributed by atoms with van der Waals surface area (Å²) in [5.74, 6) is 1.76. The Morgan fingerprint density at radius 1 is 1.24 bits per heavy atom. The van der Waals surface area contributed by atoms with Gasteiger partial charge in [-0.2, -0.15) is 0 Å². The number of hydrogen-bond acceptors (Lipinski definition) is 2. The zero-order valence-electron chi connectivity index (χ0n) is 10.5. The Labute approximate surface area is 107 Å². The molecule has 0 aliphatic heterocycles. The summed E-state index contributed by atoms with van der Waals surface area (Å²) in [4.78, 5) is 4.44. The van der Waals surface area contributed by atoms with E-state index in [1.165, 1.54) is 0 Å². The lowest BCUT2D eigenvalue weighted by Gasteiger charge is -2.20. The Balaban J connectivity index is 2.13. The Hall–Kier alpha value is -1.02. The van der Waals surface area contributed by atoms with Crippen LogP contribution >= 0.6 is 11.6 Å². The van der Waals surface area contributed by atoms with Crippen molar-refractivity contribution in [2.75, 3.05) is 0 Å². The van der Waals surface area contributed by atoms with Crippen molar-refractivity contribution in [3.05, 3.63) is 30.2 Å². The fraction of sp³-hybridized carbons (Fsp3) is 0.500. The molecule has 0 saturated heterocycles. The van der Waals surface area contributed by atoms with Gasteiger partial charge in [0, 0.05) is 11.8 Å². The first-order valence-electron chi connectivity index (χ1n) is 6.06. The van der Waals surface area contributed by atoms with E-state index in [4.69, 9.17) is 16.0 Å². The largest absolute Gasteiger partial charge is 0.441 e. The van der Waals surface area contributed by atoms with E-state index in [1.54, 1.807) is 0 Å². The lowest BCUT2D eigenvalue weighted by molar-refractivity contribution is 0.382. The molecule has 0 bridgehead atoms. The SMILES string of the molecule is CC(C)C(C)C(Cl)Cc1nc2ccccc2o1. The van der Waals surface area contributed by atoms with Crippen LogP contribution in [0.15, 0.2) is 28.7 Å². The zero-order valence-corrected chi connectivity index (χ0v) is 11.2. The smallest absolute Gasteiger partial charge is 0.196 e. The van der Waals surface area contributed by atoms with Crippen LogP contribution in [0.3, 0.4) is 0 Å². The quantitative estimate of drug-likeness (QED) is 0.759. The van der Waals surface area contributed by atoms with Gasteiger partial charge < -0.3 is 4.42 Å². The summed E-state index contributed by atoms with van der Waals surface area (Å²) in [6.07, 6.45) is 0.690. The summed E-state index contributed by atoms with van der Waals surface area (Å²) in [5, 5.41) is 0.0723. The Morgan fingerprint density at radius 3 is 2.59 bits per heavy atom. The van der Waals surface area contributed by atoms with Crippen LogP contribution in [-0.2, 0) is 6.42 Å². The number of halogens is 1. The third kappa shape index (κ3) is 2.81. The molecule has 1 heterocycles. The van der Waals surface area contributed by atoms with Gasteiger partial charge in [-0.05, 0) is 24.0 Å². The van der Waals surface area contributed by atoms with Crippen molar-refractivity contribution >= 4 is 22.7 Å². The molecule has 2 nitrogen and oxygen atoms in total. The Morgan fingerprint density at radius 2 is 1.94 bits per heavy atom. The minimum Gasteiger partial charge on any atom is -0.441 e. The number of alkyl halides is 1. The van der Waals surface area contributed by atoms with E-state index in [0.717, 1.165) is 17.0 Å². The van der Waals surface area contributed by atoms with Crippen molar-refractivity contribution < 1.29 is 4.42 Å². The maximum atomic E-state index is 6.39. The van der Waals surface area contributed by atoms with Gasteiger partial charge in [-0.3, -0.25) is 0 Å². The van der Waals surface area contributed by atoms with Gasteiger partial charge in [0.1, 0.15) is 5.52 Å². The molecule has 0 saturated carbocycles. The molecule has 1 aromatic heterocycles. The second-order valence-electron chi connectivity index (χ2n) is 4.90. The first-order chi connectivity index (χ1) is 8.08. The van der Waals surface area contributed by atoms with E-state index >= 15 is 0 Å². The van der Waals surface area contributed by atoms with Gasteiger partial charge >= 0.3 is 0 Å². The third-order valence-electron chi connectivity index (χ3n) is 3.33. The van der Waals surface area contributed by atoms with Crippen LogP contribution in [0.2, 0.25) is 0 Å². The second-order valence-corrected chi connectivity index (χ2v) is 5.46. The van der Waals surface area contributed by atoms with Crippen LogP contribution in [0.5, 0.6) is 0 Å². The van der Waals surface area contributed by atoms with Crippen LogP contribution in [0, 0.1) is 11.8 Å². The molecule has 2 rings (SSSR count). The summed E-state index contributed by atoms with van der Waals surface area (Å²) in [6, 6.07) is 7.80. The van der Waals surface area contributed by atoms with Gasteiger partial charge in [-0.15, -0.1) is 11.6 Å². The lowest BCUT2D eigenvalue weighted by Crippen LogP contribution is -2.19. The second kappa shape index (κ2) is 5.09. The number of fused-ring (bicyclic) bond motifs is 1. The van der Waals surface area contributed by atoms with Crippen LogP contribution in [0.4, 0.5) is 0 Å². The fourth-order valence-electron chi connectivity index (χ4n) is 1.78. The summed E-state index contributed by atoms with van der Waals surface area (Å²) in [6.45, 7) is 6.54. The molecule has 2 aromatic rings. The minimum atomic E-state index is 0.0723. The number of oxazole rings is 1. The van der Waals surface area contributed by atoms with E-state index in [-0.39, 0.29) is 5.38 Å². The maximum absolute atomic E-state index is 6.39. The Kier molecular flexibility index (Phi) is 3.72.